The van der Waals surface area contributed by atoms with E-state index in [0.29, 0.717) is 17.0 Å². The van der Waals surface area contributed by atoms with Gasteiger partial charge in [0.2, 0.25) is 5.56 Å². The van der Waals surface area contributed by atoms with Gasteiger partial charge in [-0.1, -0.05) is 15.9 Å². The summed E-state index contributed by atoms with van der Waals surface area (Å²) >= 11 is 3.32. The Kier molecular flexibility index (Phi) is 4.38. The van der Waals surface area contributed by atoms with Gasteiger partial charge in [-0.25, -0.2) is 8.42 Å². The molecular weight excluding hydrogens is 360 g/mol. The summed E-state index contributed by atoms with van der Waals surface area (Å²) in [6, 6.07) is 5.83. The number of anilines is 1. The summed E-state index contributed by atoms with van der Waals surface area (Å²) in [6.07, 6.45) is 1.14. The van der Waals surface area contributed by atoms with Gasteiger partial charge in [-0.3, -0.25) is 9.52 Å². The Labute approximate surface area is 130 Å². The molecule has 0 amide bonds. The van der Waals surface area contributed by atoms with Gasteiger partial charge in [0.1, 0.15) is 10.6 Å². The highest BCUT2D eigenvalue weighted by molar-refractivity contribution is 9.10. The number of ether oxygens (including phenoxy) is 1. The van der Waals surface area contributed by atoms with Crippen LogP contribution in [-0.2, 0) is 10.0 Å². The minimum Gasteiger partial charge on any atom is -0.495 e. The first-order valence-corrected chi connectivity index (χ1v) is 8.17. The number of H-pyrrole nitrogens is 1. The van der Waals surface area contributed by atoms with Crippen molar-refractivity contribution in [2.24, 2.45) is 0 Å². The number of methoxy groups -OCH3 is 1. The number of hydrogen-bond donors (Lipinski definition) is 2. The van der Waals surface area contributed by atoms with E-state index in [1.165, 1.54) is 13.2 Å². The molecule has 0 bridgehead atoms. The average Bonchev–Trinajstić information content (AvgIpc) is 2.42. The van der Waals surface area contributed by atoms with Gasteiger partial charge in [0.05, 0.1) is 12.8 Å². The van der Waals surface area contributed by atoms with Crippen LogP contribution in [0.15, 0.2) is 44.6 Å². The Hall–Kier alpha value is -1.80. The van der Waals surface area contributed by atoms with E-state index in [4.69, 9.17) is 4.74 Å². The number of halogens is 1. The molecule has 0 spiro atoms. The predicted octanol–water partition coefficient (Wildman–Crippen LogP) is 2.26. The number of rotatable bonds is 4. The molecule has 0 aliphatic carbocycles. The lowest BCUT2D eigenvalue weighted by Gasteiger charge is -2.14. The molecule has 0 saturated carbocycles. The molecule has 0 fully saturated rings. The molecule has 0 radical (unpaired) electrons. The van der Waals surface area contributed by atoms with Crippen LogP contribution in [0.5, 0.6) is 5.75 Å². The van der Waals surface area contributed by atoms with E-state index in [0.717, 1.165) is 16.7 Å². The number of sulfonamides is 1. The maximum absolute atomic E-state index is 12.3. The highest BCUT2D eigenvalue weighted by Gasteiger charge is 2.18. The normalized spacial score (nSPS) is 11.2. The third-order valence-corrected chi connectivity index (χ3v) is 4.59. The maximum atomic E-state index is 12.3. The van der Waals surface area contributed by atoms with Crippen molar-refractivity contribution in [3.63, 3.8) is 0 Å². The van der Waals surface area contributed by atoms with Gasteiger partial charge in [-0.05, 0) is 30.7 Å². The monoisotopic (exact) mass is 372 g/mol. The largest absolute Gasteiger partial charge is 0.495 e. The van der Waals surface area contributed by atoms with Gasteiger partial charge in [-0.15, -0.1) is 0 Å². The zero-order valence-electron chi connectivity index (χ0n) is 11.3. The van der Waals surface area contributed by atoms with Gasteiger partial charge < -0.3 is 9.72 Å². The molecule has 112 valence electrons. The molecular formula is C13H13BrN2O4S. The third kappa shape index (κ3) is 3.45. The standard InChI is InChI=1S/C13H13BrN2O4S/c1-8-5-9(14)6-11(20-2)13(8)16-21(18,19)10-3-4-12(17)15-7-10/h3-7,16H,1-2H3,(H,15,17). The summed E-state index contributed by atoms with van der Waals surface area (Å²) in [4.78, 5) is 13.3. The molecule has 1 aromatic carbocycles. The zero-order valence-corrected chi connectivity index (χ0v) is 13.7. The molecule has 1 heterocycles. The lowest BCUT2D eigenvalue weighted by atomic mass is 10.2. The van der Waals surface area contributed by atoms with Crippen LogP contribution in [0.25, 0.3) is 0 Å². The van der Waals surface area contributed by atoms with Crippen LogP contribution in [0.2, 0.25) is 0 Å². The van der Waals surface area contributed by atoms with E-state index >= 15 is 0 Å². The van der Waals surface area contributed by atoms with E-state index in [9.17, 15) is 13.2 Å². The molecule has 6 nitrogen and oxygen atoms in total. The Morgan fingerprint density at radius 1 is 1.29 bits per heavy atom. The lowest BCUT2D eigenvalue weighted by molar-refractivity contribution is 0.416. The quantitative estimate of drug-likeness (QED) is 0.861. The summed E-state index contributed by atoms with van der Waals surface area (Å²) in [6.45, 7) is 1.76. The molecule has 1 aromatic heterocycles. The number of pyridine rings is 1. The number of nitrogens with one attached hydrogen (secondary N) is 2. The number of aromatic nitrogens is 1. The second kappa shape index (κ2) is 5.90. The van der Waals surface area contributed by atoms with Crippen molar-refractivity contribution in [1.29, 1.82) is 0 Å². The Morgan fingerprint density at radius 2 is 2.00 bits per heavy atom. The van der Waals surface area contributed by atoms with E-state index in [-0.39, 0.29) is 10.5 Å². The highest BCUT2D eigenvalue weighted by Crippen LogP contribution is 2.33. The summed E-state index contributed by atoms with van der Waals surface area (Å²) < 4.78 is 33.1. The van der Waals surface area contributed by atoms with Crippen molar-refractivity contribution in [3.05, 3.63) is 50.9 Å². The predicted molar refractivity (Wildman–Crippen MR) is 83.3 cm³/mol. The first kappa shape index (κ1) is 15.6. The number of benzene rings is 1. The van der Waals surface area contributed by atoms with Crippen molar-refractivity contribution in [2.75, 3.05) is 11.8 Å². The first-order valence-electron chi connectivity index (χ1n) is 5.89. The van der Waals surface area contributed by atoms with Crippen molar-refractivity contribution in [2.45, 2.75) is 11.8 Å². The fourth-order valence-electron chi connectivity index (χ4n) is 1.76. The summed E-state index contributed by atoms with van der Waals surface area (Å²) in [5.41, 5.74) is 0.687. The van der Waals surface area contributed by atoms with Crippen LogP contribution >= 0.6 is 15.9 Å². The number of hydrogen-bond acceptors (Lipinski definition) is 4. The van der Waals surface area contributed by atoms with Crippen LogP contribution in [0.1, 0.15) is 5.56 Å². The zero-order chi connectivity index (χ0) is 15.6. The van der Waals surface area contributed by atoms with Gasteiger partial charge in [0.15, 0.2) is 0 Å². The fourth-order valence-corrected chi connectivity index (χ4v) is 3.42. The van der Waals surface area contributed by atoms with Crippen LogP contribution in [-0.4, -0.2) is 20.5 Å². The van der Waals surface area contributed by atoms with Gasteiger partial charge in [-0.2, -0.15) is 0 Å². The Balaban J connectivity index is 2.46. The maximum Gasteiger partial charge on any atom is 0.263 e. The van der Waals surface area contributed by atoms with Crippen molar-refractivity contribution < 1.29 is 13.2 Å². The Bertz CT molecular complexity index is 810. The fraction of sp³-hybridized carbons (Fsp3) is 0.154. The lowest BCUT2D eigenvalue weighted by Crippen LogP contribution is -2.16. The van der Waals surface area contributed by atoms with Crippen molar-refractivity contribution in [1.82, 2.24) is 4.98 Å². The average molecular weight is 373 g/mol. The van der Waals surface area contributed by atoms with Crippen LogP contribution in [0.4, 0.5) is 5.69 Å². The summed E-state index contributed by atoms with van der Waals surface area (Å²) in [7, 11) is -2.36. The first-order chi connectivity index (χ1) is 9.83. The SMILES string of the molecule is COc1cc(Br)cc(C)c1NS(=O)(=O)c1ccc(=O)[nH]c1. The summed E-state index contributed by atoms with van der Waals surface area (Å²) in [5.74, 6) is 0.398. The highest BCUT2D eigenvalue weighted by atomic mass is 79.9. The molecule has 0 aliphatic heterocycles. The smallest absolute Gasteiger partial charge is 0.263 e. The second-order valence-corrected chi connectivity index (χ2v) is 6.89. The molecule has 2 aromatic rings. The number of aromatic amines is 1. The van der Waals surface area contributed by atoms with E-state index in [1.807, 2.05) is 0 Å². The van der Waals surface area contributed by atoms with Crippen molar-refractivity contribution >= 4 is 31.6 Å². The number of aryl methyl sites for hydroxylation is 1. The molecule has 2 rings (SSSR count). The molecule has 0 unspecified atom stereocenters. The molecule has 2 N–H and O–H groups in total. The van der Waals surface area contributed by atoms with E-state index < -0.39 is 10.0 Å². The van der Waals surface area contributed by atoms with E-state index in [2.05, 4.69) is 25.6 Å². The third-order valence-electron chi connectivity index (χ3n) is 2.79. The minimum absolute atomic E-state index is 0.0357. The molecule has 0 saturated heterocycles. The second-order valence-electron chi connectivity index (χ2n) is 4.29. The summed E-state index contributed by atoms with van der Waals surface area (Å²) in [5, 5.41) is 0. The van der Waals surface area contributed by atoms with Gasteiger partial charge in [0.25, 0.3) is 10.0 Å². The molecule has 21 heavy (non-hydrogen) atoms. The van der Waals surface area contributed by atoms with Gasteiger partial charge >= 0.3 is 0 Å². The Morgan fingerprint density at radius 3 is 2.57 bits per heavy atom. The topological polar surface area (TPSA) is 88.3 Å². The molecule has 8 heteroatoms. The van der Waals surface area contributed by atoms with Crippen LogP contribution in [0, 0.1) is 6.92 Å². The molecule has 0 aliphatic rings. The minimum atomic E-state index is -3.81. The van der Waals surface area contributed by atoms with Crippen LogP contribution in [0.3, 0.4) is 0 Å². The van der Waals surface area contributed by atoms with Gasteiger partial charge in [0, 0.05) is 16.7 Å². The van der Waals surface area contributed by atoms with E-state index in [1.54, 1.807) is 19.1 Å². The molecule has 0 atom stereocenters. The van der Waals surface area contributed by atoms with Crippen molar-refractivity contribution in [3.8, 4) is 5.75 Å². The van der Waals surface area contributed by atoms with Crippen LogP contribution < -0.4 is 15.0 Å².